The molecule has 0 radical (unpaired) electrons. The number of piperazine rings is 2. The molecule has 2 aromatic heterocycles. The summed E-state index contributed by atoms with van der Waals surface area (Å²) in [5.74, 6) is -0.0844. The molecule has 2 saturated heterocycles. The van der Waals surface area contributed by atoms with E-state index in [9.17, 15) is 19.2 Å². The maximum Gasteiger partial charge on any atom is 0.240 e. The van der Waals surface area contributed by atoms with Gasteiger partial charge in [-0.2, -0.15) is 0 Å². The molecule has 258 valence electrons. The minimum atomic E-state index is -0.0991. The smallest absolute Gasteiger partial charge is 0.240 e. The molecule has 2 amide bonds. The fraction of sp³-hybridized carbons (Fsp3) is 0.333. The summed E-state index contributed by atoms with van der Waals surface area (Å²) in [7, 11) is 0. The Kier molecular flexibility index (Phi) is 9.85. The number of benzene rings is 3. The molecule has 14 heteroatoms. The van der Waals surface area contributed by atoms with Gasteiger partial charge < -0.3 is 20.4 Å². The molecule has 2 fully saturated rings. The molecular weight excluding hydrogens is 673 g/mol. The lowest BCUT2D eigenvalue weighted by Gasteiger charge is -2.35. The molecule has 2 N–H and O–H groups in total. The van der Waals surface area contributed by atoms with Gasteiger partial charge >= 0.3 is 0 Å². The number of rotatable bonds is 10. The van der Waals surface area contributed by atoms with Crippen molar-refractivity contribution in [1.82, 2.24) is 19.8 Å². The van der Waals surface area contributed by atoms with Crippen LogP contribution in [0.15, 0.2) is 60.7 Å². The van der Waals surface area contributed by atoms with Gasteiger partial charge in [0.15, 0.2) is 21.8 Å². The number of nitrogens with zero attached hydrogens (tertiary/aromatic N) is 6. The van der Waals surface area contributed by atoms with E-state index in [0.717, 1.165) is 84.2 Å². The summed E-state index contributed by atoms with van der Waals surface area (Å²) in [6.07, 6.45) is 0. The molecular formula is C36H38N8O4S2. The molecule has 3 aromatic carbocycles. The zero-order valence-corrected chi connectivity index (χ0v) is 29.6. The Hall–Kier alpha value is -4.76. The van der Waals surface area contributed by atoms with Crippen LogP contribution in [0.2, 0.25) is 0 Å². The van der Waals surface area contributed by atoms with Crippen LogP contribution in [-0.2, 0) is 9.59 Å². The number of ketones is 2. The van der Waals surface area contributed by atoms with Crippen molar-refractivity contribution in [2.45, 2.75) is 13.8 Å². The van der Waals surface area contributed by atoms with Crippen LogP contribution in [0.25, 0.3) is 20.4 Å². The predicted molar refractivity (Wildman–Crippen MR) is 200 cm³/mol. The Morgan fingerprint density at radius 2 is 0.960 bits per heavy atom. The topological polar surface area (TPSA) is 131 Å². The zero-order valence-electron chi connectivity index (χ0n) is 28.0. The zero-order chi connectivity index (χ0) is 34.8. The molecule has 50 heavy (non-hydrogen) atoms. The number of Topliss-reactive ketones (excluding diaryl/α,β-unsaturated/α-hetero) is 2. The van der Waals surface area contributed by atoms with Crippen molar-refractivity contribution >= 4 is 88.1 Å². The minimum absolute atomic E-state index is 0.0569. The van der Waals surface area contributed by atoms with Gasteiger partial charge in [-0.15, -0.1) is 0 Å². The second kappa shape index (κ2) is 14.6. The molecule has 2 aliphatic rings. The highest BCUT2D eigenvalue weighted by Crippen LogP contribution is 2.34. The average Bonchev–Trinajstić information content (AvgIpc) is 3.68. The molecule has 0 spiro atoms. The van der Waals surface area contributed by atoms with Gasteiger partial charge in [0.05, 0.1) is 33.5 Å². The van der Waals surface area contributed by atoms with Crippen LogP contribution >= 0.6 is 22.7 Å². The highest BCUT2D eigenvalue weighted by atomic mass is 32.1. The summed E-state index contributed by atoms with van der Waals surface area (Å²) in [6.45, 7) is 9.97. The molecule has 7 rings (SSSR count). The van der Waals surface area contributed by atoms with E-state index in [0.29, 0.717) is 34.5 Å². The van der Waals surface area contributed by atoms with Crippen molar-refractivity contribution in [2.75, 3.05) is 85.9 Å². The first-order chi connectivity index (χ1) is 24.2. The van der Waals surface area contributed by atoms with Crippen LogP contribution in [0.1, 0.15) is 34.6 Å². The predicted octanol–water partition coefficient (Wildman–Crippen LogP) is 4.83. The van der Waals surface area contributed by atoms with E-state index >= 15 is 0 Å². The van der Waals surface area contributed by atoms with Gasteiger partial charge in [-0.3, -0.25) is 29.0 Å². The van der Waals surface area contributed by atoms with Crippen LogP contribution in [0.4, 0.5) is 21.6 Å². The lowest BCUT2D eigenvalue weighted by molar-refractivity contribution is -0.118. The molecule has 0 saturated carbocycles. The Morgan fingerprint density at radius 3 is 1.32 bits per heavy atom. The Bertz CT molecular complexity index is 1850. The van der Waals surface area contributed by atoms with E-state index in [2.05, 4.69) is 40.2 Å². The van der Waals surface area contributed by atoms with E-state index in [1.807, 2.05) is 60.7 Å². The van der Waals surface area contributed by atoms with E-state index < -0.39 is 0 Å². The molecule has 0 bridgehead atoms. The van der Waals surface area contributed by atoms with Gasteiger partial charge in [0, 0.05) is 74.9 Å². The molecule has 0 unspecified atom stereocenters. The number of amides is 2. The Balaban J connectivity index is 0.876. The standard InChI is InChI=1S/C36H38N8O4S2/c1-23(45)25-3-7-27(8-4-25)43-15-11-41(12-16-43)21-33(47)39-35-37-29-19-30-32(20-31(29)49-35)50-36(38-30)40-34(48)22-42-13-17-44(18-14-42)28-9-5-26(6-10-28)24(2)46/h3-10,19-20H,11-18,21-22H2,1-2H3,(H,37,39,47)(H,38,40,48). The highest BCUT2D eigenvalue weighted by molar-refractivity contribution is 7.24. The summed E-state index contributed by atoms with van der Waals surface area (Å²) in [4.78, 5) is 67.0. The molecule has 0 atom stereocenters. The second-order valence-electron chi connectivity index (χ2n) is 12.7. The maximum absolute atomic E-state index is 12.9. The lowest BCUT2D eigenvalue weighted by Crippen LogP contribution is -2.48. The Labute approximate surface area is 297 Å². The Morgan fingerprint density at radius 1 is 0.580 bits per heavy atom. The van der Waals surface area contributed by atoms with Crippen molar-refractivity contribution < 1.29 is 19.2 Å². The quantitative estimate of drug-likeness (QED) is 0.194. The van der Waals surface area contributed by atoms with Gasteiger partial charge in [-0.05, 0) is 74.5 Å². The fourth-order valence-electron chi connectivity index (χ4n) is 6.32. The third-order valence-corrected chi connectivity index (χ3v) is 11.0. The summed E-state index contributed by atoms with van der Waals surface area (Å²) in [5.41, 5.74) is 5.07. The summed E-state index contributed by atoms with van der Waals surface area (Å²) >= 11 is 2.84. The van der Waals surface area contributed by atoms with Gasteiger partial charge in [0.1, 0.15) is 0 Å². The van der Waals surface area contributed by atoms with Crippen LogP contribution in [0, 0.1) is 0 Å². The number of hydrogen-bond donors (Lipinski definition) is 2. The lowest BCUT2D eigenvalue weighted by atomic mass is 10.1. The first kappa shape index (κ1) is 33.7. The number of nitrogens with one attached hydrogen (secondary N) is 2. The minimum Gasteiger partial charge on any atom is -0.369 e. The van der Waals surface area contributed by atoms with E-state index in [1.54, 1.807) is 13.8 Å². The molecule has 12 nitrogen and oxygen atoms in total. The largest absolute Gasteiger partial charge is 0.369 e. The van der Waals surface area contributed by atoms with Gasteiger partial charge in [0.25, 0.3) is 0 Å². The number of aromatic nitrogens is 2. The highest BCUT2D eigenvalue weighted by Gasteiger charge is 2.22. The monoisotopic (exact) mass is 710 g/mol. The molecule has 5 aromatic rings. The van der Waals surface area contributed by atoms with Crippen LogP contribution in [-0.4, -0.2) is 109 Å². The fourth-order valence-corrected chi connectivity index (χ4v) is 8.20. The van der Waals surface area contributed by atoms with Crippen LogP contribution in [0.3, 0.4) is 0 Å². The molecule has 2 aliphatic heterocycles. The number of fused-ring (bicyclic) bond motifs is 2. The first-order valence-electron chi connectivity index (χ1n) is 16.6. The first-order valence-corrected chi connectivity index (χ1v) is 18.3. The number of anilines is 4. The van der Waals surface area contributed by atoms with Crippen molar-refractivity contribution in [1.29, 1.82) is 0 Å². The third kappa shape index (κ3) is 7.83. The van der Waals surface area contributed by atoms with Crippen molar-refractivity contribution in [3.05, 3.63) is 71.8 Å². The van der Waals surface area contributed by atoms with Crippen molar-refractivity contribution in [3.8, 4) is 0 Å². The normalized spacial score (nSPS) is 15.8. The summed E-state index contributed by atoms with van der Waals surface area (Å²) in [6, 6.07) is 19.3. The molecule has 0 aliphatic carbocycles. The van der Waals surface area contributed by atoms with E-state index in [4.69, 9.17) is 0 Å². The third-order valence-electron chi connectivity index (χ3n) is 9.15. The number of thiazole rings is 2. The van der Waals surface area contributed by atoms with Crippen molar-refractivity contribution in [2.24, 2.45) is 0 Å². The SMILES string of the molecule is CC(=O)c1ccc(N2CCN(CC(=O)Nc3nc4cc5nc(NC(=O)CN6CCN(c7ccc(C(C)=O)cc7)CC6)sc5cc4s3)CC2)cc1. The summed E-state index contributed by atoms with van der Waals surface area (Å²) in [5, 5.41) is 7.03. The number of carbonyl (C=O) groups excluding carboxylic acids is 4. The van der Waals surface area contributed by atoms with Gasteiger partial charge in [-0.25, -0.2) is 9.97 Å². The summed E-state index contributed by atoms with van der Waals surface area (Å²) < 4.78 is 1.88. The van der Waals surface area contributed by atoms with Crippen LogP contribution < -0.4 is 20.4 Å². The number of hydrogen-bond acceptors (Lipinski definition) is 12. The van der Waals surface area contributed by atoms with Gasteiger partial charge in [0.2, 0.25) is 11.8 Å². The van der Waals surface area contributed by atoms with Gasteiger partial charge in [-0.1, -0.05) is 22.7 Å². The maximum atomic E-state index is 12.9. The van der Waals surface area contributed by atoms with Crippen molar-refractivity contribution in [3.63, 3.8) is 0 Å². The van der Waals surface area contributed by atoms with E-state index in [-0.39, 0.29) is 23.4 Å². The number of carbonyl (C=O) groups is 4. The van der Waals surface area contributed by atoms with E-state index in [1.165, 1.54) is 22.7 Å². The molecule has 4 heterocycles. The van der Waals surface area contributed by atoms with Crippen LogP contribution in [0.5, 0.6) is 0 Å². The second-order valence-corrected chi connectivity index (χ2v) is 14.7. The average molecular weight is 711 g/mol.